The van der Waals surface area contributed by atoms with Crippen LogP contribution in [0.15, 0.2) is 30.5 Å². The van der Waals surface area contributed by atoms with Crippen molar-refractivity contribution >= 4 is 17.2 Å². The Balaban J connectivity index is 1.48. The van der Waals surface area contributed by atoms with Crippen molar-refractivity contribution in [1.29, 1.82) is 0 Å². The molecule has 1 saturated heterocycles. The van der Waals surface area contributed by atoms with Gasteiger partial charge in [-0.05, 0) is 70.7 Å². The van der Waals surface area contributed by atoms with Gasteiger partial charge in [-0.3, -0.25) is 14.4 Å². The van der Waals surface area contributed by atoms with Gasteiger partial charge in [0, 0.05) is 44.5 Å². The molecule has 1 amide bonds. The fourth-order valence-corrected chi connectivity index (χ4v) is 5.98. The standard InChI is InChI=1S/C26H34FN5OS/c1-17-22(16-31(5)29-17)15-30(4)24(14-20-6-8-23(27)9-7-20)21-10-12-32(13-11-21)26(33)25-18(2)28-19(3)34-25/h6-9,16,21,24H,10-15H2,1-5H3. The number of likely N-dealkylation sites (N-methyl/N-ethyl adjacent to an activating group) is 1. The number of benzene rings is 1. The largest absolute Gasteiger partial charge is 0.338 e. The van der Waals surface area contributed by atoms with Crippen molar-refractivity contribution in [3.8, 4) is 0 Å². The van der Waals surface area contributed by atoms with Crippen LogP contribution in [0.3, 0.4) is 0 Å². The minimum absolute atomic E-state index is 0.107. The Morgan fingerprint density at radius 1 is 1.18 bits per heavy atom. The number of rotatable bonds is 7. The van der Waals surface area contributed by atoms with Gasteiger partial charge in [0.15, 0.2) is 0 Å². The summed E-state index contributed by atoms with van der Waals surface area (Å²) < 4.78 is 15.4. The van der Waals surface area contributed by atoms with Crippen molar-refractivity contribution in [2.24, 2.45) is 13.0 Å². The van der Waals surface area contributed by atoms with Crippen LogP contribution in [0.5, 0.6) is 0 Å². The van der Waals surface area contributed by atoms with Gasteiger partial charge in [0.25, 0.3) is 5.91 Å². The van der Waals surface area contributed by atoms with Crippen LogP contribution in [0.2, 0.25) is 0 Å². The fourth-order valence-electron chi connectivity index (χ4n) is 5.09. The minimum atomic E-state index is -0.208. The lowest BCUT2D eigenvalue weighted by atomic mass is 9.84. The summed E-state index contributed by atoms with van der Waals surface area (Å²) >= 11 is 1.49. The summed E-state index contributed by atoms with van der Waals surface area (Å²) in [4.78, 5) is 22.7. The fraction of sp³-hybridized carbons (Fsp3) is 0.500. The van der Waals surface area contributed by atoms with Gasteiger partial charge >= 0.3 is 0 Å². The van der Waals surface area contributed by atoms with E-state index >= 15 is 0 Å². The first-order chi connectivity index (χ1) is 16.2. The zero-order valence-corrected chi connectivity index (χ0v) is 21.5. The molecule has 8 heteroatoms. The number of hydrogen-bond donors (Lipinski definition) is 0. The van der Waals surface area contributed by atoms with Gasteiger partial charge in [-0.25, -0.2) is 9.37 Å². The maximum Gasteiger partial charge on any atom is 0.265 e. The summed E-state index contributed by atoms with van der Waals surface area (Å²) in [7, 11) is 4.12. The third-order valence-corrected chi connectivity index (χ3v) is 7.99. The highest BCUT2D eigenvalue weighted by Crippen LogP contribution is 2.29. The first kappa shape index (κ1) is 24.5. The third-order valence-electron chi connectivity index (χ3n) is 6.93. The summed E-state index contributed by atoms with van der Waals surface area (Å²) in [6.45, 7) is 8.21. The number of halogens is 1. The van der Waals surface area contributed by atoms with E-state index in [4.69, 9.17) is 0 Å². The molecule has 0 aliphatic carbocycles. The lowest BCUT2D eigenvalue weighted by molar-refractivity contribution is 0.0606. The summed E-state index contributed by atoms with van der Waals surface area (Å²) in [5.41, 5.74) is 4.23. The van der Waals surface area contributed by atoms with Crippen LogP contribution in [-0.4, -0.2) is 56.7 Å². The second-order valence-corrected chi connectivity index (χ2v) is 10.7. The van der Waals surface area contributed by atoms with Crippen LogP contribution in [0, 0.1) is 32.5 Å². The highest BCUT2D eigenvalue weighted by atomic mass is 32.1. The van der Waals surface area contributed by atoms with E-state index in [9.17, 15) is 9.18 Å². The number of piperidine rings is 1. The Hall–Kier alpha value is -2.58. The lowest BCUT2D eigenvalue weighted by Gasteiger charge is -2.40. The second-order valence-electron chi connectivity index (χ2n) is 9.50. The molecular formula is C26H34FN5OS. The van der Waals surface area contributed by atoms with Crippen molar-refractivity contribution in [3.05, 3.63) is 68.7 Å². The second kappa shape index (κ2) is 10.4. The SMILES string of the molecule is Cc1nc(C)c(C(=O)N2CCC(C(Cc3ccc(F)cc3)N(C)Cc3cn(C)nc3C)CC2)s1. The minimum Gasteiger partial charge on any atom is -0.338 e. The first-order valence-electron chi connectivity index (χ1n) is 11.9. The van der Waals surface area contributed by atoms with Gasteiger partial charge in [-0.2, -0.15) is 5.10 Å². The normalized spacial score (nSPS) is 15.8. The number of likely N-dealkylation sites (tertiary alicyclic amines) is 1. The van der Waals surface area contributed by atoms with Gasteiger partial charge < -0.3 is 4.90 Å². The van der Waals surface area contributed by atoms with Crippen molar-refractivity contribution in [1.82, 2.24) is 24.6 Å². The van der Waals surface area contributed by atoms with E-state index in [1.54, 1.807) is 0 Å². The Morgan fingerprint density at radius 3 is 2.41 bits per heavy atom. The predicted molar refractivity (Wildman–Crippen MR) is 134 cm³/mol. The van der Waals surface area contributed by atoms with Crippen LogP contribution in [0.1, 0.15) is 50.0 Å². The summed E-state index contributed by atoms with van der Waals surface area (Å²) in [6.07, 6.45) is 4.83. The molecule has 1 aromatic carbocycles. The Kier molecular flexibility index (Phi) is 7.48. The maximum atomic E-state index is 13.5. The zero-order chi connectivity index (χ0) is 24.4. The van der Waals surface area contributed by atoms with Crippen molar-refractivity contribution in [3.63, 3.8) is 0 Å². The molecule has 6 nitrogen and oxygen atoms in total. The number of aromatic nitrogens is 3. The maximum absolute atomic E-state index is 13.5. The molecule has 1 atom stereocenters. The Bertz CT molecular complexity index is 1130. The Labute approximate surface area is 205 Å². The smallest absolute Gasteiger partial charge is 0.265 e. The molecule has 0 spiro atoms. The number of hydrogen-bond acceptors (Lipinski definition) is 5. The molecule has 1 fully saturated rings. The van der Waals surface area contributed by atoms with E-state index in [0.717, 1.165) is 65.7 Å². The van der Waals surface area contributed by atoms with Crippen LogP contribution >= 0.6 is 11.3 Å². The molecule has 1 unspecified atom stereocenters. The van der Waals surface area contributed by atoms with Gasteiger partial charge in [-0.15, -0.1) is 11.3 Å². The quantitative estimate of drug-likeness (QED) is 0.495. The van der Waals surface area contributed by atoms with Crippen LogP contribution in [0.25, 0.3) is 0 Å². The molecule has 2 aromatic heterocycles. The van der Waals surface area contributed by atoms with Crippen molar-refractivity contribution in [2.45, 2.75) is 52.6 Å². The third kappa shape index (κ3) is 5.55. The molecule has 0 bridgehead atoms. The summed E-state index contributed by atoms with van der Waals surface area (Å²) in [5, 5.41) is 5.43. The average molecular weight is 484 g/mol. The van der Waals surface area contributed by atoms with Crippen molar-refractivity contribution < 1.29 is 9.18 Å². The topological polar surface area (TPSA) is 54.3 Å². The van der Waals surface area contributed by atoms with E-state index in [1.165, 1.54) is 29.0 Å². The molecule has 182 valence electrons. The number of nitrogens with zero attached hydrogens (tertiary/aromatic N) is 5. The number of thiazole rings is 1. The van der Waals surface area contributed by atoms with E-state index in [2.05, 4.69) is 28.2 Å². The molecule has 34 heavy (non-hydrogen) atoms. The van der Waals surface area contributed by atoms with Gasteiger partial charge in [-0.1, -0.05) is 12.1 Å². The van der Waals surface area contributed by atoms with E-state index in [0.29, 0.717) is 5.92 Å². The number of amides is 1. The molecule has 3 heterocycles. The molecular weight excluding hydrogens is 449 g/mol. The lowest BCUT2D eigenvalue weighted by Crippen LogP contribution is -2.46. The van der Waals surface area contributed by atoms with E-state index in [1.807, 2.05) is 49.5 Å². The summed E-state index contributed by atoms with van der Waals surface area (Å²) in [5.74, 6) is 0.344. The molecule has 0 radical (unpaired) electrons. The van der Waals surface area contributed by atoms with Gasteiger partial charge in [0.1, 0.15) is 10.7 Å². The number of carbonyl (C=O) groups excluding carboxylic acids is 1. The first-order valence-corrected chi connectivity index (χ1v) is 12.7. The monoisotopic (exact) mass is 483 g/mol. The zero-order valence-electron chi connectivity index (χ0n) is 20.7. The van der Waals surface area contributed by atoms with Crippen LogP contribution in [0.4, 0.5) is 4.39 Å². The van der Waals surface area contributed by atoms with Crippen LogP contribution in [-0.2, 0) is 20.0 Å². The van der Waals surface area contributed by atoms with Crippen molar-refractivity contribution in [2.75, 3.05) is 20.1 Å². The predicted octanol–water partition coefficient (Wildman–Crippen LogP) is 4.54. The molecule has 1 aliphatic rings. The average Bonchev–Trinajstić information content (AvgIpc) is 3.31. The highest BCUT2D eigenvalue weighted by Gasteiger charge is 2.32. The highest BCUT2D eigenvalue weighted by molar-refractivity contribution is 7.13. The Morgan fingerprint density at radius 2 is 1.85 bits per heavy atom. The van der Waals surface area contributed by atoms with Gasteiger partial charge in [0.2, 0.25) is 0 Å². The van der Waals surface area contributed by atoms with Gasteiger partial charge in [0.05, 0.1) is 16.4 Å². The van der Waals surface area contributed by atoms with E-state index < -0.39 is 0 Å². The number of carbonyl (C=O) groups is 1. The number of aryl methyl sites for hydroxylation is 4. The molecule has 1 aliphatic heterocycles. The molecule has 4 rings (SSSR count). The van der Waals surface area contributed by atoms with E-state index in [-0.39, 0.29) is 17.8 Å². The van der Waals surface area contributed by atoms with Crippen LogP contribution < -0.4 is 0 Å². The molecule has 0 saturated carbocycles. The molecule has 3 aromatic rings. The molecule has 0 N–H and O–H groups in total. The summed E-state index contributed by atoms with van der Waals surface area (Å²) in [6, 6.07) is 7.14.